The van der Waals surface area contributed by atoms with Gasteiger partial charge in [0, 0.05) is 24.5 Å². The maximum absolute atomic E-state index is 5.93. The van der Waals surface area contributed by atoms with Gasteiger partial charge in [-0.05, 0) is 24.3 Å². The monoisotopic (exact) mass is 238 g/mol. The number of morpholine rings is 1. The van der Waals surface area contributed by atoms with Crippen LogP contribution in [0.15, 0.2) is 17.5 Å². The fraction of sp³-hybridized carbons (Fsp3) is 0.667. The Bertz CT molecular complexity index is 329. The molecule has 3 atom stereocenters. The van der Waals surface area contributed by atoms with Crippen LogP contribution in [0.5, 0.6) is 0 Å². The van der Waals surface area contributed by atoms with Gasteiger partial charge in [0.15, 0.2) is 0 Å². The molecule has 3 nitrogen and oxygen atoms in total. The van der Waals surface area contributed by atoms with Crippen molar-refractivity contribution in [2.24, 2.45) is 5.73 Å². The highest BCUT2D eigenvalue weighted by atomic mass is 32.1. The van der Waals surface area contributed by atoms with Gasteiger partial charge in [-0.3, -0.25) is 4.90 Å². The summed E-state index contributed by atoms with van der Waals surface area (Å²) in [7, 11) is 0. The van der Waals surface area contributed by atoms with Crippen LogP contribution in [-0.2, 0) is 4.74 Å². The van der Waals surface area contributed by atoms with E-state index < -0.39 is 0 Å². The van der Waals surface area contributed by atoms with E-state index in [1.807, 2.05) is 11.3 Å². The summed E-state index contributed by atoms with van der Waals surface area (Å²) in [5, 5.41) is 2.13. The van der Waals surface area contributed by atoms with Gasteiger partial charge in [0.25, 0.3) is 0 Å². The number of nitrogens with two attached hydrogens (primary N) is 1. The van der Waals surface area contributed by atoms with Crippen LogP contribution in [-0.4, -0.2) is 36.7 Å². The van der Waals surface area contributed by atoms with Crippen LogP contribution in [0.3, 0.4) is 0 Å². The Labute approximate surface area is 100 Å². The lowest BCUT2D eigenvalue weighted by Crippen LogP contribution is -2.46. The second kappa shape index (κ2) is 4.45. The van der Waals surface area contributed by atoms with Gasteiger partial charge in [-0.2, -0.15) is 0 Å². The molecule has 3 heterocycles. The zero-order valence-corrected chi connectivity index (χ0v) is 10.2. The smallest absolute Gasteiger partial charge is 0.0707 e. The van der Waals surface area contributed by atoms with E-state index in [9.17, 15) is 0 Å². The second-order valence-corrected chi connectivity index (χ2v) is 5.66. The summed E-state index contributed by atoms with van der Waals surface area (Å²) in [6.45, 7) is 2.81. The minimum absolute atomic E-state index is 0.395. The predicted octanol–water partition coefficient (Wildman–Crippen LogP) is 1.61. The standard InChI is InChI=1S/C12H18N2OS/c13-6-11(12-2-1-5-16-12)14-7-9-3-4-10(8-14)15-9/h1-2,5,9-11H,3-4,6-8,13H2. The molecule has 2 fully saturated rings. The molecular formula is C12H18N2OS. The quantitative estimate of drug-likeness (QED) is 0.869. The largest absolute Gasteiger partial charge is 0.372 e. The van der Waals surface area contributed by atoms with Gasteiger partial charge >= 0.3 is 0 Å². The maximum Gasteiger partial charge on any atom is 0.0707 e. The summed E-state index contributed by atoms with van der Waals surface area (Å²) in [5.41, 5.74) is 5.93. The number of rotatable bonds is 3. The van der Waals surface area contributed by atoms with Crippen molar-refractivity contribution in [1.82, 2.24) is 4.90 Å². The fourth-order valence-corrected chi connectivity index (χ4v) is 3.70. The third-order valence-corrected chi connectivity index (χ3v) is 4.58. The van der Waals surface area contributed by atoms with E-state index in [0.717, 1.165) is 13.1 Å². The first-order valence-corrected chi connectivity index (χ1v) is 6.88. The van der Waals surface area contributed by atoms with Gasteiger partial charge in [-0.1, -0.05) is 6.07 Å². The van der Waals surface area contributed by atoms with Crippen LogP contribution in [0.25, 0.3) is 0 Å². The molecule has 4 heteroatoms. The number of likely N-dealkylation sites (tertiary alicyclic amines) is 1. The Balaban J connectivity index is 1.75. The van der Waals surface area contributed by atoms with Gasteiger partial charge in [-0.15, -0.1) is 11.3 Å². The number of fused-ring (bicyclic) bond motifs is 2. The number of hydrogen-bond acceptors (Lipinski definition) is 4. The Morgan fingerprint density at radius 2 is 2.19 bits per heavy atom. The van der Waals surface area contributed by atoms with Crippen LogP contribution in [0.4, 0.5) is 0 Å². The fourth-order valence-electron chi connectivity index (χ4n) is 2.83. The van der Waals surface area contributed by atoms with E-state index in [1.165, 1.54) is 17.7 Å². The van der Waals surface area contributed by atoms with Crippen LogP contribution in [0.2, 0.25) is 0 Å². The molecule has 0 radical (unpaired) electrons. The van der Waals surface area contributed by atoms with Crippen molar-refractivity contribution in [3.8, 4) is 0 Å². The number of hydrogen-bond donors (Lipinski definition) is 1. The molecule has 0 amide bonds. The highest BCUT2D eigenvalue weighted by Gasteiger charge is 2.36. The third kappa shape index (κ3) is 1.91. The molecule has 3 unspecified atom stereocenters. The first kappa shape index (κ1) is 10.7. The zero-order valence-electron chi connectivity index (χ0n) is 9.34. The second-order valence-electron chi connectivity index (χ2n) is 4.68. The van der Waals surface area contributed by atoms with E-state index in [-0.39, 0.29) is 0 Å². The lowest BCUT2D eigenvalue weighted by molar-refractivity contribution is -0.0516. The highest BCUT2D eigenvalue weighted by Crippen LogP contribution is 2.32. The number of nitrogens with zero attached hydrogens (tertiary/aromatic N) is 1. The summed E-state index contributed by atoms with van der Waals surface area (Å²) in [5.74, 6) is 0. The van der Waals surface area contributed by atoms with Crippen LogP contribution < -0.4 is 5.73 Å². The van der Waals surface area contributed by atoms with E-state index in [2.05, 4.69) is 22.4 Å². The van der Waals surface area contributed by atoms with Crippen LogP contribution >= 0.6 is 11.3 Å². The lowest BCUT2D eigenvalue weighted by atomic mass is 10.1. The third-order valence-electron chi connectivity index (χ3n) is 3.61. The molecule has 88 valence electrons. The molecular weight excluding hydrogens is 220 g/mol. The van der Waals surface area contributed by atoms with E-state index >= 15 is 0 Å². The highest BCUT2D eigenvalue weighted by molar-refractivity contribution is 7.10. The van der Waals surface area contributed by atoms with E-state index in [4.69, 9.17) is 10.5 Å². The molecule has 0 spiro atoms. The Hall–Kier alpha value is -0.420. The SMILES string of the molecule is NCC(c1cccs1)N1CC2CCC(C1)O2. The molecule has 2 N–H and O–H groups in total. The van der Waals surface area contributed by atoms with Crippen molar-refractivity contribution in [2.45, 2.75) is 31.1 Å². The average Bonchev–Trinajstić information content (AvgIpc) is 2.90. The summed E-state index contributed by atoms with van der Waals surface area (Å²) < 4.78 is 5.86. The minimum Gasteiger partial charge on any atom is -0.372 e. The number of ether oxygens (including phenoxy) is 1. The van der Waals surface area contributed by atoms with Gasteiger partial charge in [0.2, 0.25) is 0 Å². The van der Waals surface area contributed by atoms with Gasteiger partial charge in [0.05, 0.1) is 18.2 Å². The topological polar surface area (TPSA) is 38.5 Å². The molecule has 1 aromatic heterocycles. The summed E-state index contributed by atoms with van der Waals surface area (Å²) >= 11 is 1.81. The van der Waals surface area contributed by atoms with Gasteiger partial charge in [-0.25, -0.2) is 0 Å². The molecule has 2 bridgehead atoms. The molecule has 0 saturated carbocycles. The Kier molecular flexibility index (Phi) is 2.98. The summed E-state index contributed by atoms with van der Waals surface area (Å²) in [6.07, 6.45) is 3.35. The minimum atomic E-state index is 0.395. The predicted molar refractivity (Wildman–Crippen MR) is 65.6 cm³/mol. The van der Waals surface area contributed by atoms with Crippen LogP contribution in [0.1, 0.15) is 23.8 Å². The van der Waals surface area contributed by atoms with Crippen molar-refractivity contribution in [2.75, 3.05) is 19.6 Å². The lowest BCUT2D eigenvalue weighted by Gasteiger charge is -2.37. The summed E-state index contributed by atoms with van der Waals surface area (Å²) in [4.78, 5) is 3.90. The average molecular weight is 238 g/mol. The maximum atomic E-state index is 5.93. The van der Waals surface area contributed by atoms with Crippen molar-refractivity contribution in [3.05, 3.63) is 22.4 Å². The molecule has 3 rings (SSSR count). The molecule has 2 saturated heterocycles. The van der Waals surface area contributed by atoms with E-state index in [1.54, 1.807) is 0 Å². The molecule has 0 aromatic carbocycles. The van der Waals surface area contributed by atoms with Gasteiger partial charge < -0.3 is 10.5 Å². The van der Waals surface area contributed by atoms with Gasteiger partial charge in [0.1, 0.15) is 0 Å². The zero-order chi connectivity index (χ0) is 11.0. The molecule has 0 aliphatic carbocycles. The number of thiophene rings is 1. The van der Waals surface area contributed by atoms with Crippen molar-refractivity contribution < 1.29 is 4.74 Å². The van der Waals surface area contributed by atoms with Crippen LogP contribution in [0, 0.1) is 0 Å². The molecule has 2 aliphatic rings. The normalized spacial score (nSPS) is 31.8. The first-order chi connectivity index (χ1) is 7.86. The Morgan fingerprint density at radius 1 is 1.44 bits per heavy atom. The van der Waals surface area contributed by atoms with Crippen molar-refractivity contribution in [1.29, 1.82) is 0 Å². The van der Waals surface area contributed by atoms with Crippen molar-refractivity contribution >= 4 is 11.3 Å². The summed E-state index contributed by atoms with van der Waals surface area (Å²) in [6, 6.07) is 4.70. The van der Waals surface area contributed by atoms with Crippen molar-refractivity contribution in [3.63, 3.8) is 0 Å². The molecule has 2 aliphatic heterocycles. The Morgan fingerprint density at radius 3 is 2.75 bits per heavy atom. The first-order valence-electron chi connectivity index (χ1n) is 6.00. The molecule has 1 aromatic rings. The molecule has 16 heavy (non-hydrogen) atoms. The van der Waals surface area contributed by atoms with E-state index in [0.29, 0.717) is 24.8 Å².